The van der Waals surface area contributed by atoms with E-state index in [2.05, 4.69) is 70.9 Å². The Morgan fingerprint density at radius 1 is 1.04 bits per heavy atom. The highest BCUT2D eigenvalue weighted by molar-refractivity contribution is 5.85. The van der Waals surface area contributed by atoms with Gasteiger partial charge in [-0.1, -0.05) is 54.6 Å². The second kappa shape index (κ2) is 8.55. The van der Waals surface area contributed by atoms with Crippen molar-refractivity contribution >= 4 is 10.8 Å². The monoisotopic (exact) mass is 360 g/mol. The molecule has 140 valence electrons. The fourth-order valence-electron chi connectivity index (χ4n) is 4.09. The third-order valence-corrected chi connectivity index (χ3v) is 5.52. The largest absolute Gasteiger partial charge is 0.497 e. The number of likely N-dealkylation sites (tertiary alicyclic amines) is 1. The molecule has 0 aromatic heterocycles. The minimum absolute atomic E-state index is 0.589. The zero-order valence-corrected chi connectivity index (χ0v) is 16.0. The molecule has 3 heteroatoms. The van der Waals surface area contributed by atoms with Gasteiger partial charge < -0.3 is 10.1 Å². The van der Waals surface area contributed by atoms with Crippen LogP contribution in [0.15, 0.2) is 66.7 Å². The number of fused-ring (bicyclic) bond motifs is 1. The third-order valence-electron chi connectivity index (χ3n) is 5.52. The Balaban J connectivity index is 1.27. The molecule has 0 spiro atoms. The number of methoxy groups -OCH3 is 1. The van der Waals surface area contributed by atoms with Gasteiger partial charge in [0.1, 0.15) is 5.75 Å². The quantitative estimate of drug-likeness (QED) is 0.681. The summed E-state index contributed by atoms with van der Waals surface area (Å²) >= 11 is 0. The van der Waals surface area contributed by atoms with E-state index in [0.29, 0.717) is 6.04 Å². The number of hydrogen-bond acceptors (Lipinski definition) is 3. The lowest BCUT2D eigenvalue weighted by atomic mass is 10.0. The zero-order valence-electron chi connectivity index (χ0n) is 16.0. The molecule has 1 aliphatic heterocycles. The molecule has 1 atom stereocenters. The molecule has 3 nitrogen and oxygen atoms in total. The molecule has 0 radical (unpaired) electrons. The van der Waals surface area contributed by atoms with Crippen LogP contribution in [0.1, 0.15) is 17.5 Å². The molecule has 0 aliphatic carbocycles. The van der Waals surface area contributed by atoms with Gasteiger partial charge in [0.05, 0.1) is 7.11 Å². The summed E-state index contributed by atoms with van der Waals surface area (Å²) < 4.78 is 5.34. The Hall–Kier alpha value is -2.36. The highest BCUT2D eigenvalue weighted by Gasteiger charge is 2.21. The van der Waals surface area contributed by atoms with Crippen molar-refractivity contribution in [2.24, 2.45) is 0 Å². The van der Waals surface area contributed by atoms with Crippen LogP contribution in [-0.2, 0) is 13.0 Å². The lowest BCUT2D eigenvalue weighted by molar-refractivity contribution is 0.319. The van der Waals surface area contributed by atoms with Crippen molar-refractivity contribution in [1.29, 1.82) is 0 Å². The van der Waals surface area contributed by atoms with Crippen LogP contribution < -0.4 is 10.1 Å². The maximum atomic E-state index is 5.34. The molecule has 3 aromatic rings. The summed E-state index contributed by atoms with van der Waals surface area (Å²) in [6, 6.07) is 24.3. The minimum atomic E-state index is 0.589. The predicted octanol–water partition coefficient (Wildman–Crippen LogP) is 4.26. The number of benzene rings is 3. The van der Waals surface area contributed by atoms with Crippen molar-refractivity contribution < 1.29 is 4.74 Å². The molecule has 0 bridgehead atoms. The highest BCUT2D eigenvalue weighted by Crippen LogP contribution is 2.20. The number of nitrogens with zero attached hydrogens (tertiary/aromatic N) is 1. The second-order valence-corrected chi connectivity index (χ2v) is 7.41. The molecular formula is C24H28N2O. The van der Waals surface area contributed by atoms with Crippen LogP contribution in [0.2, 0.25) is 0 Å². The molecule has 1 aliphatic rings. The second-order valence-electron chi connectivity index (χ2n) is 7.41. The summed E-state index contributed by atoms with van der Waals surface area (Å²) in [7, 11) is 1.73. The average Bonchev–Trinajstić information content (AvgIpc) is 3.15. The molecule has 27 heavy (non-hydrogen) atoms. The molecule has 1 N–H and O–H groups in total. The van der Waals surface area contributed by atoms with Crippen molar-refractivity contribution in [3.63, 3.8) is 0 Å². The van der Waals surface area contributed by atoms with Gasteiger partial charge in [-0.05, 0) is 53.4 Å². The van der Waals surface area contributed by atoms with Crippen LogP contribution in [0.4, 0.5) is 0 Å². The maximum absolute atomic E-state index is 5.34. The average molecular weight is 361 g/mol. The molecule has 3 aromatic carbocycles. The van der Waals surface area contributed by atoms with Gasteiger partial charge in [0.25, 0.3) is 0 Å². The van der Waals surface area contributed by atoms with Crippen molar-refractivity contribution in [2.45, 2.75) is 25.4 Å². The Morgan fingerprint density at radius 3 is 2.81 bits per heavy atom. The third kappa shape index (κ3) is 4.49. The summed E-state index contributed by atoms with van der Waals surface area (Å²) in [5.41, 5.74) is 2.76. The Morgan fingerprint density at radius 2 is 1.89 bits per heavy atom. The first-order chi connectivity index (χ1) is 13.3. The van der Waals surface area contributed by atoms with E-state index >= 15 is 0 Å². The molecule has 4 rings (SSSR count). The van der Waals surface area contributed by atoms with Crippen molar-refractivity contribution in [3.05, 3.63) is 77.9 Å². The number of ether oxygens (including phenoxy) is 1. The van der Waals surface area contributed by atoms with E-state index in [1.165, 1.54) is 28.3 Å². The fraction of sp³-hybridized carbons (Fsp3) is 0.333. The van der Waals surface area contributed by atoms with Gasteiger partial charge in [-0.2, -0.15) is 0 Å². The van der Waals surface area contributed by atoms with Crippen molar-refractivity contribution in [3.8, 4) is 5.75 Å². The molecule has 1 saturated heterocycles. The van der Waals surface area contributed by atoms with Crippen LogP contribution in [0.5, 0.6) is 5.75 Å². The van der Waals surface area contributed by atoms with E-state index in [-0.39, 0.29) is 0 Å². The van der Waals surface area contributed by atoms with Gasteiger partial charge in [-0.25, -0.2) is 0 Å². The Kier molecular flexibility index (Phi) is 5.71. The highest BCUT2D eigenvalue weighted by atomic mass is 16.5. The lowest BCUT2D eigenvalue weighted by Crippen LogP contribution is -2.33. The van der Waals surface area contributed by atoms with Gasteiger partial charge in [-0.15, -0.1) is 0 Å². The SMILES string of the molecule is COc1cccc(CN2CCC(NCCc3cccc4ccccc34)C2)c1. The van der Waals surface area contributed by atoms with E-state index in [9.17, 15) is 0 Å². The smallest absolute Gasteiger partial charge is 0.119 e. The fourth-order valence-corrected chi connectivity index (χ4v) is 4.09. The van der Waals surface area contributed by atoms with Gasteiger partial charge in [-0.3, -0.25) is 4.90 Å². The van der Waals surface area contributed by atoms with Crippen molar-refractivity contribution in [1.82, 2.24) is 10.2 Å². The number of nitrogens with one attached hydrogen (secondary N) is 1. The first kappa shape index (κ1) is 18.0. The summed E-state index contributed by atoms with van der Waals surface area (Å²) in [6.45, 7) is 4.31. The van der Waals surface area contributed by atoms with Crippen LogP contribution >= 0.6 is 0 Å². The van der Waals surface area contributed by atoms with E-state index in [0.717, 1.165) is 38.3 Å². The summed E-state index contributed by atoms with van der Waals surface area (Å²) in [5, 5.41) is 6.48. The van der Waals surface area contributed by atoms with E-state index in [1.54, 1.807) is 7.11 Å². The van der Waals surface area contributed by atoms with Crippen LogP contribution in [0.3, 0.4) is 0 Å². The topological polar surface area (TPSA) is 24.5 Å². The predicted molar refractivity (Wildman–Crippen MR) is 112 cm³/mol. The molecule has 1 unspecified atom stereocenters. The van der Waals surface area contributed by atoms with Crippen molar-refractivity contribution in [2.75, 3.05) is 26.7 Å². The maximum Gasteiger partial charge on any atom is 0.119 e. The Labute approximate surface area is 162 Å². The van der Waals surface area contributed by atoms with Gasteiger partial charge in [0.2, 0.25) is 0 Å². The number of rotatable bonds is 7. The molecule has 0 saturated carbocycles. The minimum Gasteiger partial charge on any atom is -0.497 e. The normalized spacial score (nSPS) is 17.4. The van der Waals surface area contributed by atoms with Crippen LogP contribution in [-0.4, -0.2) is 37.7 Å². The molecule has 1 fully saturated rings. The van der Waals surface area contributed by atoms with Crippen LogP contribution in [0.25, 0.3) is 10.8 Å². The summed E-state index contributed by atoms with van der Waals surface area (Å²) in [5.74, 6) is 0.941. The van der Waals surface area contributed by atoms with Gasteiger partial charge in [0.15, 0.2) is 0 Å². The van der Waals surface area contributed by atoms with E-state index < -0.39 is 0 Å². The van der Waals surface area contributed by atoms with Gasteiger partial charge >= 0.3 is 0 Å². The molecular weight excluding hydrogens is 332 g/mol. The number of hydrogen-bond donors (Lipinski definition) is 1. The summed E-state index contributed by atoms with van der Waals surface area (Å²) in [6.07, 6.45) is 2.30. The first-order valence-corrected chi connectivity index (χ1v) is 9.87. The first-order valence-electron chi connectivity index (χ1n) is 9.87. The lowest BCUT2D eigenvalue weighted by Gasteiger charge is -2.17. The van der Waals surface area contributed by atoms with Crippen LogP contribution in [0, 0.1) is 0 Å². The molecule has 1 heterocycles. The van der Waals surface area contributed by atoms with E-state index in [4.69, 9.17) is 4.74 Å². The standard InChI is InChI=1S/C24H28N2O/c1-27-23-10-4-6-19(16-23)17-26-15-13-22(18-26)25-14-12-21-9-5-8-20-7-2-3-11-24(20)21/h2-11,16,22,25H,12-15,17-18H2,1H3. The van der Waals surface area contributed by atoms with Gasteiger partial charge in [0, 0.05) is 25.7 Å². The van der Waals surface area contributed by atoms with E-state index in [1.807, 2.05) is 6.07 Å². The molecule has 0 amide bonds. The Bertz CT molecular complexity index is 887. The summed E-state index contributed by atoms with van der Waals surface area (Å²) in [4.78, 5) is 2.53. The zero-order chi connectivity index (χ0) is 18.5.